The number of hydrogen-bond donors (Lipinski definition) is 1. The number of hydrogen-bond acceptors (Lipinski definition) is 2. The average Bonchev–Trinajstić information content (AvgIpc) is 3.06. The number of amides is 1. The Morgan fingerprint density at radius 1 is 1.28 bits per heavy atom. The fourth-order valence-corrected chi connectivity index (χ4v) is 4.25. The van der Waals surface area contributed by atoms with Crippen LogP contribution in [0.4, 0.5) is 18.9 Å². The van der Waals surface area contributed by atoms with Gasteiger partial charge in [0, 0.05) is 24.8 Å². The molecule has 1 aromatic carbocycles. The highest BCUT2D eigenvalue weighted by Gasteiger charge is 2.39. The van der Waals surface area contributed by atoms with Gasteiger partial charge in [-0.05, 0) is 49.0 Å². The second-order valence-corrected chi connectivity index (χ2v) is 8.07. The van der Waals surface area contributed by atoms with Crippen LogP contribution in [0.3, 0.4) is 0 Å². The predicted octanol–water partition coefficient (Wildman–Crippen LogP) is 6.35. The monoisotopic (exact) mass is 445 g/mol. The van der Waals surface area contributed by atoms with Crippen LogP contribution in [0.5, 0.6) is 0 Å². The van der Waals surface area contributed by atoms with Crippen LogP contribution < -0.4 is 5.32 Å². The molecule has 1 heterocycles. The summed E-state index contributed by atoms with van der Waals surface area (Å²) >= 11 is 12.2. The number of benzene rings is 1. The summed E-state index contributed by atoms with van der Waals surface area (Å²) in [6, 6.07) is 5.36. The normalized spacial score (nSPS) is 17.3. The maximum atomic E-state index is 13.2. The Balaban J connectivity index is 1.93. The molecule has 156 valence electrons. The molecule has 1 aromatic heterocycles. The third-order valence-corrected chi connectivity index (χ3v) is 5.68. The summed E-state index contributed by atoms with van der Waals surface area (Å²) in [5.74, 6) is -0.838. The molecule has 2 aromatic rings. The van der Waals surface area contributed by atoms with Crippen molar-refractivity contribution in [1.29, 1.82) is 0 Å². The molecule has 1 unspecified atom stereocenters. The van der Waals surface area contributed by atoms with Crippen LogP contribution in [0.15, 0.2) is 34.5 Å². The minimum atomic E-state index is -4.72. The van der Waals surface area contributed by atoms with Gasteiger partial charge in [0.2, 0.25) is 0 Å². The molecular formula is C20H20Cl2F3N3O. The Kier molecular flexibility index (Phi) is 6.29. The number of halogens is 5. The number of rotatable bonds is 3. The van der Waals surface area contributed by atoms with Crippen molar-refractivity contribution < 1.29 is 18.0 Å². The molecule has 1 N–H and O–H groups in total. The second-order valence-electron chi connectivity index (χ2n) is 7.12. The van der Waals surface area contributed by atoms with Crippen LogP contribution in [-0.4, -0.2) is 15.7 Å². The highest BCUT2D eigenvalue weighted by molar-refractivity contribution is 6.56. The van der Waals surface area contributed by atoms with E-state index in [0.717, 1.165) is 53.3 Å². The van der Waals surface area contributed by atoms with E-state index in [9.17, 15) is 18.0 Å². The number of anilines is 1. The first-order valence-corrected chi connectivity index (χ1v) is 9.91. The molecule has 1 aliphatic rings. The highest BCUT2D eigenvalue weighted by atomic mass is 35.5. The van der Waals surface area contributed by atoms with Gasteiger partial charge in [-0.15, -0.1) is 0 Å². The van der Waals surface area contributed by atoms with Gasteiger partial charge in [0.15, 0.2) is 5.69 Å². The van der Waals surface area contributed by atoms with Crippen molar-refractivity contribution in [3.05, 3.63) is 56.8 Å². The predicted molar refractivity (Wildman–Crippen MR) is 107 cm³/mol. The maximum absolute atomic E-state index is 13.2. The van der Waals surface area contributed by atoms with E-state index in [-0.39, 0.29) is 10.4 Å². The molecule has 0 bridgehead atoms. The Morgan fingerprint density at radius 3 is 2.66 bits per heavy atom. The summed E-state index contributed by atoms with van der Waals surface area (Å²) in [5, 5.41) is 5.98. The zero-order valence-corrected chi connectivity index (χ0v) is 17.4. The number of aryl methyl sites for hydroxylation is 1. The van der Waals surface area contributed by atoms with E-state index in [4.69, 9.17) is 23.2 Å². The van der Waals surface area contributed by atoms with E-state index in [2.05, 4.69) is 10.4 Å². The van der Waals surface area contributed by atoms with Gasteiger partial charge in [0.05, 0.1) is 5.56 Å². The minimum Gasteiger partial charge on any atom is -0.322 e. The van der Waals surface area contributed by atoms with Gasteiger partial charge in [-0.2, -0.15) is 18.3 Å². The third kappa shape index (κ3) is 4.61. The molecule has 1 fully saturated rings. The molecule has 0 saturated heterocycles. The average molecular weight is 446 g/mol. The van der Waals surface area contributed by atoms with Crippen LogP contribution in [-0.2, 0) is 13.2 Å². The van der Waals surface area contributed by atoms with E-state index >= 15 is 0 Å². The van der Waals surface area contributed by atoms with Crippen molar-refractivity contribution in [2.75, 3.05) is 5.32 Å². The number of alkyl halides is 3. The Morgan fingerprint density at radius 2 is 2.00 bits per heavy atom. The van der Waals surface area contributed by atoms with Crippen LogP contribution in [0.25, 0.3) is 0 Å². The van der Waals surface area contributed by atoms with E-state index in [1.165, 1.54) is 7.05 Å². The first-order chi connectivity index (χ1) is 13.6. The molecule has 1 aliphatic carbocycles. The molecule has 3 rings (SSSR count). The summed E-state index contributed by atoms with van der Waals surface area (Å²) < 4.78 is 40.8. The highest BCUT2D eigenvalue weighted by Crippen LogP contribution is 2.43. The first kappa shape index (κ1) is 21.7. The Labute approximate surface area is 176 Å². The lowest BCUT2D eigenvalue weighted by Gasteiger charge is -2.28. The molecule has 0 aliphatic heterocycles. The third-order valence-electron chi connectivity index (χ3n) is 5.19. The SMILES string of the molecule is Cc1c(NC(=O)c2cn(C)nc2C(F)(F)F)cccc1C1CCCCC1=C(Cl)Cl. The fraction of sp³-hybridized carbons (Fsp3) is 0.400. The lowest BCUT2D eigenvalue weighted by atomic mass is 9.79. The standard InChI is InChI=1S/C20H20Cl2F3N3O/c1-11-12(13-6-3-4-7-14(13)18(21)22)8-5-9-16(11)26-19(29)15-10-28(2)27-17(15)20(23,24)25/h5,8-10,13H,3-4,6-7H2,1-2H3,(H,26,29). The number of carbonyl (C=O) groups excluding carboxylic acids is 1. The molecule has 9 heteroatoms. The lowest BCUT2D eigenvalue weighted by molar-refractivity contribution is -0.141. The molecule has 0 radical (unpaired) electrons. The van der Waals surface area contributed by atoms with Gasteiger partial charge >= 0.3 is 6.18 Å². The number of nitrogens with zero attached hydrogens (tertiary/aromatic N) is 2. The number of nitrogens with one attached hydrogen (secondary N) is 1. The molecule has 29 heavy (non-hydrogen) atoms. The Bertz CT molecular complexity index is 962. The van der Waals surface area contributed by atoms with Crippen molar-refractivity contribution in [3.8, 4) is 0 Å². The van der Waals surface area contributed by atoms with Crippen molar-refractivity contribution in [2.45, 2.75) is 44.7 Å². The topological polar surface area (TPSA) is 46.9 Å². The molecular weight excluding hydrogens is 426 g/mol. The minimum absolute atomic E-state index is 0.0229. The molecule has 4 nitrogen and oxygen atoms in total. The summed E-state index contributed by atoms with van der Waals surface area (Å²) in [6.07, 6.45) is 0.0443. The van der Waals surface area contributed by atoms with E-state index in [1.807, 2.05) is 13.0 Å². The summed E-state index contributed by atoms with van der Waals surface area (Å²) in [6.45, 7) is 1.83. The summed E-state index contributed by atoms with van der Waals surface area (Å²) in [4.78, 5) is 12.6. The van der Waals surface area contributed by atoms with Gasteiger partial charge in [0.1, 0.15) is 4.49 Å². The van der Waals surface area contributed by atoms with E-state index < -0.39 is 23.3 Å². The van der Waals surface area contributed by atoms with Gasteiger partial charge in [-0.3, -0.25) is 9.48 Å². The Hall–Kier alpha value is -1.99. The van der Waals surface area contributed by atoms with E-state index in [0.29, 0.717) is 5.69 Å². The number of allylic oxidation sites excluding steroid dienone is 1. The van der Waals surface area contributed by atoms with Gasteiger partial charge in [0.25, 0.3) is 5.91 Å². The van der Waals surface area contributed by atoms with Crippen molar-refractivity contribution in [3.63, 3.8) is 0 Å². The molecule has 0 spiro atoms. The van der Waals surface area contributed by atoms with Crippen LogP contribution in [0.2, 0.25) is 0 Å². The smallest absolute Gasteiger partial charge is 0.322 e. The van der Waals surface area contributed by atoms with Crippen LogP contribution >= 0.6 is 23.2 Å². The van der Waals surface area contributed by atoms with E-state index in [1.54, 1.807) is 12.1 Å². The molecule has 1 atom stereocenters. The lowest BCUT2D eigenvalue weighted by Crippen LogP contribution is -2.19. The number of aromatic nitrogens is 2. The van der Waals surface area contributed by atoms with Crippen molar-refractivity contribution >= 4 is 34.8 Å². The summed E-state index contributed by atoms with van der Waals surface area (Å²) in [7, 11) is 1.34. The van der Waals surface area contributed by atoms with Crippen molar-refractivity contribution in [2.24, 2.45) is 7.05 Å². The van der Waals surface area contributed by atoms with Gasteiger partial charge in [-0.1, -0.05) is 41.8 Å². The summed E-state index contributed by atoms with van der Waals surface area (Å²) in [5.41, 5.74) is 1.40. The molecule has 1 saturated carbocycles. The first-order valence-electron chi connectivity index (χ1n) is 9.15. The largest absolute Gasteiger partial charge is 0.435 e. The number of carbonyl (C=O) groups is 1. The van der Waals surface area contributed by atoms with Crippen LogP contribution in [0.1, 0.15) is 58.8 Å². The van der Waals surface area contributed by atoms with Crippen molar-refractivity contribution in [1.82, 2.24) is 9.78 Å². The molecule has 1 amide bonds. The zero-order valence-electron chi connectivity index (χ0n) is 15.9. The second kappa shape index (κ2) is 8.40. The van der Waals surface area contributed by atoms with Crippen LogP contribution in [0, 0.1) is 6.92 Å². The van der Waals surface area contributed by atoms with Gasteiger partial charge in [-0.25, -0.2) is 0 Å². The fourth-order valence-electron chi connectivity index (χ4n) is 3.80. The van der Waals surface area contributed by atoms with Gasteiger partial charge < -0.3 is 5.32 Å². The maximum Gasteiger partial charge on any atom is 0.435 e. The zero-order chi connectivity index (χ0) is 21.3. The quantitative estimate of drug-likeness (QED) is 0.598.